The molecule has 0 bridgehead atoms. The van der Waals surface area contributed by atoms with Crippen molar-refractivity contribution in [1.29, 1.82) is 5.26 Å². The lowest BCUT2D eigenvalue weighted by molar-refractivity contribution is -0.387. The molecule has 0 N–H and O–H groups in total. The summed E-state index contributed by atoms with van der Waals surface area (Å²) in [6.45, 7) is 1.35. The predicted octanol–water partition coefficient (Wildman–Crippen LogP) is 4.29. The Hall–Kier alpha value is -4.37. The fourth-order valence-electron chi connectivity index (χ4n) is 2.76. The molecule has 1 aromatic heterocycles. The Morgan fingerprint density at radius 2 is 1.86 bits per heavy atom. The van der Waals surface area contributed by atoms with E-state index in [1.165, 1.54) is 18.2 Å². The minimum atomic E-state index is -0.779. The van der Waals surface area contributed by atoms with Crippen LogP contribution < -0.4 is 14.2 Å². The second kappa shape index (κ2) is 12.2. The number of hydrogen-bond donors (Lipinski definition) is 0. The van der Waals surface area contributed by atoms with Gasteiger partial charge in [-0.05, 0) is 30.9 Å². The van der Waals surface area contributed by atoms with Gasteiger partial charge in [0, 0.05) is 6.07 Å². The molecule has 0 spiro atoms. The minimum absolute atomic E-state index is 0.0326. The number of benzene rings is 2. The van der Waals surface area contributed by atoms with Gasteiger partial charge in [0.05, 0.1) is 23.2 Å². The third-order valence-corrected chi connectivity index (χ3v) is 4.86. The SMILES string of the molecule is CCOC(=O)COc1nc(SC)nc(Oc2cc(C#N)ccc2OCc2ccccc2)c1[N+](=O)[O-]. The fraction of sp³-hybridized carbons (Fsp3) is 0.217. The smallest absolute Gasteiger partial charge is 0.392 e. The Morgan fingerprint density at radius 3 is 2.51 bits per heavy atom. The van der Waals surface area contributed by atoms with Gasteiger partial charge < -0.3 is 18.9 Å². The van der Waals surface area contributed by atoms with Gasteiger partial charge in [0.1, 0.15) is 6.61 Å². The molecule has 0 aliphatic rings. The molecule has 0 aliphatic heterocycles. The van der Waals surface area contributed by atoms with Crippen LogP contribution in [0, 0.1) is 21.4 Å². The largest absolute Gasteiger partial charge is 0.485 e. The molecule has 35 heavy (non-hydrogen) atoms. The lowest BCUT2D eigenvalue weighted by Gasteiger charge is -2.14. The van der Waals surface area contributed by atoms with E-state index in [9.17, 15) is 20.2 Å². The molecule has 180 valence electrons. The molecule has 11 nitrogen and oxygen atoms in total. The van der Waals surface area contributed by atoms with E-state index in [2.05, 4.69) is 9.97 Å². The monoisotopic (exact) mass is 496 g/mol. The van der Waals surface area contributed by atoms with Crippen LogP contribution in [0.2, 0.25) is 0 Å². The van der Waals surface area contributed by atoms with Gasteiger partial charge in [0.15, 0.2) is 23.3 Å². The number of carbonyl (C=O) groups is 1. The van der Waals surface area contributed by atoms with Crippen LogP contribution in [0.4, 0.5) is 5.69 Å². The molecule has 2 aromatic carbocycles. The van der Waals surface area contributed by atoms with Crippen LogP contribution >= 0.6 is 11.8 Å². The molecule has 0 atom stereocenters. The van der Waals surface area contributed by atoms with Crippen molar-refractivity contribution in [1.82, 2.24) is 9.97 Å². The average molecular weight is 497 g/mol. The molecule has 3 rings (SSSR count). The summed E-state index contributed by atoms with van der Waals surface area (Å²) >= 11 is 1.09. The summed E-state index contributed by atoms with van der Waals surface area (Å²) in [5, 5.41) is 21.3. The number of aromatic nitrogens is 2. The van der Waals surface area contributed by atoms with Gasteiger partial charge in [0.2, 0.25) is 0 Å². The number of nitriles is 1. The van der Waals surface area contributed by atoms with Gasteiger partial charge in [-0.2, -0.15) is 15.2 Å². The molecular formula is C23H20N4O7S. The zero-order valence-corrected chi connectivity index (χ0v) is 19.6. The molecule has 0 aliphatic carbocycles. The van der Waals surface area contributed by atoms with E-state index in [0.29, 0.717) is 0 Å². The molecular weight excluding hydrogens is 476 g/mol. The maximum absolute atomic E-state index is 11.9. The first-order valence-electron chi connectivity index (χ1n) is 10.2. The molecule has 0 unspecified atom stereocenters. The highest BCUT2D eigenvalue weighted by Crippen LogP contribution is 2.40. The maximum Gasteiger partial charge on any atom is 0.392 e. The summed E-state index contributed by atoms with van der Waals surface area (Å²) in [4.78, 5) is 30.9. The van der Waals surface area contributed by atoms with E-state index in [4.69, 9.17) is 18.9 Å². The quantitative estimate of drug-likeness (QED) is 0.123. The Kier molecular flexibility index (Phi) is 8.80. The molecule has 1 heterocycles. The van der Waals surface area contributed by atoms with Crippen molar-refractivity contribution in [2.75, 3.05) is 19.5 Å². The first kappa shape index (κ1) is 25.3. The van der Waals surface area contributed by atoms with E-state index in [1.807, 2.05) is 36.4 Å². The van der Waals surface area contributed by atoms with Crippen LogP contribution in [-0.2, 0) is 16.1 Å². The van der Waals surface area contributed by atoms with E-state index in [1.54, 1.807) is 13.2 Å². The van der Waals surface area contributed by atoms with Gasteiger partial charge >= 0.3 is 23.4 Å². The lowest BCUT2D eigenvalue weighted by Crippen LogP contribution is -2.16. The predicted molar refractivity (Wildman–Crippen MR) is 125 cm³/mol. The van der Waals surface area contributed by atoms with Crippen molar-refractivity contribution in [2.24, 2.45) is 0 Å². The topological polar surface area (TPSA) is 147 Å². The fourth-order valence-corrected chi connectivity index (χ4v) is 3.11. The zero-order chi connectivity index (χ0) is 25.2. The van der Waals surface area contributed by atoms with Gasteiger partial charge in [0.25, 0.3) is 0 Å². The van der Waals surface area contributed by atoms with Crippen molar-refractivity contribution in [2.45, 2.75) is 18.7 Å². The first-order chi connectivity index (χ1) is 16.9. The van der Waals surface area contributed by atoms with E-state index < -0.39 is 34.9 Å². The van der Waals surface area contributed by atoms with Gasteiger partial charge in [-0.25, -0.2) is 4.79 Å². The maximum atomic E-state index is 11.9. The average Bonchev–Trinajstić information content (AvgIpc) is 2.86. The molecule has 3 aromatic rings. The first-order valence-corrected chi connectivity index (χ1v) is 11.4. The van der Waals surface area contributed by atoms with Gasteiger partial charge in [-0.3, -0.25) is 10.1 Å². The minimum Gasteiger partial charge on any atom is -0.485 e. The lowest BCUT2D eigenvalue weighted by atomic mass is 10.2. The van der Waals surface area contributed by atoms with Crippen molar-refractivity contribution >= 4 is 23.4 Å². The summed E-state index contributed by atoms with van der Waals surface area (Å²) in [5.74, 6) is -1.34. The summed E-state index contributed by atoms with van der Waals surface area (Å²) in [6.07, 6.45) is 1.66. The molecule has 0 saturated heterocycles. The molecule has 0 radical (unpaired) electrons. The Bertz CT molecular complexity index is 1250. The number of thioether (sulfide) groups is 1. The van der Waals surface area contributed by atoms with Gasteiger partial charge in [-0.15, -0.1) is 0 Å². The van der Waals surface area contributed by atoms with Crippen LogP contribution in [0.1, 0.15) is 18.1 Å². The molecule has 12 heteroatoms. The zero-order valence-electron chi connectivity index (χ0n) is 18.8. The summed E-state index contributed by atoms with van der Waals surface area (Å²) in [6, 6.07) is 15.8. The van der Waals surface area contributed by atoms with Crippen LogP contribution in [-0.4, -0.2) is 40.3 Å². The van der Waals surface area contributed by atoms with E-state index in [-0.39, 0.29) is 35.4 Å². The second-order valence-corrected chi connectivity index (χ2v) is 7.44. The highest BCUT2D eigenvalue weighted by atomic mass is 32.2. The van der Waals surface area contributed by atoms with Crippen LogP contribution in [0.25, 0.3) is 0 Å². The van der Waals surface area contributed by atoms with E-state index in [0.717, 1.165) is 17.3 Å². The van der Waals surface area contributed by atoms with Crippen molar-refractivity contribution < 1.29 is 28.7 Å². The number of carbonyl (C=O) groups excluding carboxylic acids is 1. The number of rotatable bonds is 11. The van der Waals surface area contributed by atoms with Crippen molar-refractivity contribution in [3.63, 3.8) is 0 Å². The summed E-state index contributed by atoms with van der Waals surface area (Å²) in [7, 11) is 0. The summed E-state index contributed by atoms with van der Waals surface area (Å²) < 4.78 is 21.7. The third-order valence-electron chi connectivity index (χ3n) is 4.31. The summed E-state index contributed by atoms with van der Waals surface area (Å²) in [5.41, 5.74) is 0.436. The number of esters is 1. The van der Waals surface area contributed by atoms with Crippen LogP contribution in [0.15, 0.2) is 53.7 Å². The van der Waals surface area contributed by atoms with Crippen molar-refractivity contribution in [3.8, 4) is 29.3 Å². The highest BCUT2D eigenvalue weighted by molar-refractivity contribution is 7.98. The van der Waals surface area contributed by atoms with Crippen LogP contribution in [0.5, 0.6) is 23.3 Å². The normalized spacial score (nSPS) is 10.2. The Balaban J connectivity index is 1.98. The highest BCUT2D eigenvalue weighted by Gasteiger charge is 2.30. The van der Waals surface area contributed by atoms with E-state index >= 15 is 0 Å². The second-order valence-electron chi connectivity index (χ2n) is 6.67. The van der Waals surface area contributed by atoms with Crippen LogP contribution in [0.3, 0.4) is 0 Å². The number of nitrogens with zero attached hydrogens (tertiary/aromatic N) is 4. The molecule has 0 fully saturated rings. The van der Waals surface area contributed by atoms with Crippen molar-refractivity contribution in [3.05, 3.63) is 69.8 Å². The molecule has 0 saturated carbocycles. The third kappa shape index (κ3) is 6.81. The van der Waals surface area contributed by atoms with Gasteiger partial charge in [-0.1, -0.05) is 42.1 Å². The molecule has 0 amide bonds. The Labute approximate surface area is 204 Å². The Morgan fingerprint density at radius 1 is 1.11 bits per heavy atom. The number of nitro groups is 1. The number of hydrogen-bond acceptors (Lipinski definition) is 11. The standard InChI is InChI=1S/C23H20N4O7S/c1-3-31-19(28)14-33-21-20(27(29)30)22(26-23(25-21)35-2)34-18-11-16(12-24)9-10-17(18)32-13-15-7-5-4-6-8-15/h4-11H,3,13-14H2,1-2H3. The number of ether oxygens (including phenoxy) is 4.